The van der Waals surface area contributed by atoms with Crippen LogP contribution in [0.2, 0.25) is 0 Å². The molecule has 1 aliphatic carbocycles. The van der Waals surface area contributed by atoms with E-state index >= 15 is 0 Å². The van der Waals surface area contributed by atoms with Crippen LogP contribution in [0, 0.1) is 6.92 Å². The first-order valence-electron chi connectivity index (χ1n) is 10.7. The Bertz CT molecular complexity index is 919. The number of nitrogens with one attached hydrogen (secondary N) is 3. The third-order valence-corrected chi connectivity index (χ3v) is 5.68. The molecular weight excluding hydrogens is 535 g/mol. The van der Waals surface area contributed by atoms with Gasteiger partial charge in [0.25, 0.3) is 5.91 Å². The zero-order valence-electron chi connectivity index (χ0n) is 18.9. The van der Waals surface area contributed by atoms with E-state index in [1.54, 1.807) is 11.8 Å². The van der Waals surface area contributed by atoms with Crippen molar-refractivity contribution in [1.29, 1.82) is 0 Å². The quantitative estimate of drug-likeness (QED) is 0.173. The maximum atomic E-state index is 11.8. The number of hydrogen-bond acceptors (Lipinski definition) is 4. The van der Waals surface area contributed by atoms with Crippen LogP contribution in [-0.2, 0) is 17.9 Å². The average molecular weight is 569 g/mol. The van der Waals surface area contributed by atoms with Gasteiger partial charge in [-0.15, -0.1) is 35.7 Å². The first kappa shape index (κ1) is 26.3. The molecule has 1 saturated carbocycles. The summed E-state index contributed by atoms with van der Waals surface area (Å²) in [5.41, 5.74) is 3.54. The van der Waals surface area contributed by atoms with Gasteiger partial charge in [0.05, 0.1) is 6.54 Å². The highest BCUT2D eigenvalue weighted by atomic mass is 127. The monoisotopic (exact) mass is 568 g/mol. The van der Waals surface area contributed by atoms with Gasteiger partial charge in [-0.2, -0.15) is 0 Å². The summed E-state index contributed by atoms with van der Waals surface area (Å²) in [5, 5.41) is 9.65. The molecule has 1 fully saturated rings. The minimum absolute atomic E-state index is 0. The second-order valence-corrected chi connectivity index (χ2v) is 8.49. The van der Waals surface area contributed by atoms with Crippen LogP contribution in [-0.4, -0.2) is 37.3 Å². The van der Waals surface area contributed by atoms with Gasteiger partial charge in [-0.3, -0.25) is 4.79 Å². The molecule has 0 saturated heterocycles. The highest BCUT2D eigenvalue weighted by Crippen LogP contribution is 2.22. The summed E-state index contributed by atoms with van der Waals surface area (Å²) in [6.45, 7) is 6.22. The van der Waals surface area contributed by atoms with Gasteiger partial charge in [-0.1, -0.05) is 24.3 Å². The van der Waals surface area contributed by atoms with Crippen LogP contribution in [0.5, 0.6) is 5.75 Å². The second-order valence-electron chi connectivity index (χ2n) is 7.64. The zero-order valence-corrected chi connectivity index (χ0v) is 22.1. The number of aryl methyl sites for hydroxylation is 1. The number of ether oxygens (including phenoxy) is 1. The largest absolute Gasteiger partial charge is 0.484 e. The average Bonchev–Trinajstić information content (AvgIpc) is 3.59. The van der Waals surface area contributed by atoms with Crippen molar-refractivity contribution in [3.8, 4) is 5.75 Å². The molecule has 0 aromatic heterocycles. The molecule has 0 unspecified atom stereocenters. The van der Waals surface area contributed by atoms with Crippen molar-refractivity contribution in [3.05, 3.63) is 59.2 Å². The fourth-order valence-electron chi connectivity index (χ4n) is 3.07. The number of amides is 1. The maximum absolute atomic E-state index is 11.8. The summed E-state index contributed by atoms with van der Waals surface area (Å²) in [6, 6.07) is 14.6. The molecule has 0 heterocycles. The van der Waals surface area contributed by atoms with E-state index in [1.165, 1.54) is 16.0 Å². The van der Waals surface area contributed by atoms with Gasteiger partial charge >= 0.3 is 0 Å². The van der Waals surface area contributed by atoms with Gasteiger partial charge in [0.2, 0.25) is 0 Å². The van der Waals surface area contributed by atoms with Crippen LogP contribution >= 0.6 is 35.7 Å². The number of rotatable bonds is 10. The Morgan fingerprint density at radius 2 is 2.00 bits per heavy atom. The van der Waals surface area contributed by atoms with Crippen molar-refractivity contribution in [2.45, 2.75) is 50.7 Å². The number of carbonyl (C=O) groups is 1. The summed E-state index contributed by atoms with van der Waals surface area (Å²) in [5.74, 6) is 1.39. The van der Waals surface area contributed by atoms with Crippen LogP contribution in [0.1, 0.15) is 36.5 Å². The molecule has 2 aromatic carbocycles. The highest BCUT2D eigenvalue weighted by molar-refractivity contribution is 14.0. The molecule has 0 atom stereocenters. The molecule has 1 aliphatic rings. The molecule has 6 nitrogen and oxygen atoms in total. The van der Waals surface area contributed by atoms with Crippen molar-refractivity contribution in [2.75, 3.05) is 19.4 Å². The first-order valence-corrected chi connectivity index (χ1v) is 12.0. The van der Waals surface area contributed by atoms with Crippen LogP contribution in [0.15, 0.2) is 52.4 Å². The van der Waals surface area contributed by atoms with Crippen molar-refractivity contribution >= 4 is 47.6 Å². The summed E-state index contributed by atoms with van der Waals surface area (Å²) >= 11 is 1.76. The van der Waals surface area contributed by atoms with E-state index in [9.17, 15) is 4.79 Å². The fraction of sp³-hybridized carbons (Fsp3) is 0.417. The minimum atomic E-state index is -0.0646. The van der Waals surface area contributed by atoms with Crippen molar-refractivity contribution in [2.24, 2.45) is 4.99 Å². The van der Waals surface area contributed by atoms with Crippen LogP contribution in [0.4, 0.5) is 0 Å². The van der Waals surface area contributed by atoms with Crippen LogP contribution < -0.4 is 20.7 Å². The van der Waals surface area contributed by atoms with E-state index in [0.29, 0.717) is 24.9 Å². The molecule has 174 valence electrons. The molecule has 3 rings (SSSR count). The van der Waals surface area contributed by atoms with E-state index < -0.39 is 0 Å². The van der Waals surface area contributed by atoms with Gasteiger partial charge in [0.15, 0.2) is 12.6 Å². The fourth-order valence-corrected chi connectivity index (χ4v) is 3.77. The molecule has 0 aliphatic heterocycles. The molecule has 2 aromatic rings. The summed E-state index contributed by atoms with van der Waals surface area (Å²) < 4.78 is 5.64. The summed E-state index contributed by atoms with van der Waals surface area (Å²) in [7, 11) is 0. The standard InChI is InChI=1S/C24H32N4O2S.HI/c1-4-25-24(27-15-19-9-8-17(2)12-22(19)31-3)26-14-18-6-5-7-21(13-18)30-16-23(29)28-20-10-11-20;/h5-9,12-13,20H,4,10-11,14-16H2,1-3H3,(H,28,29)(H2,25,26,27);1H. The molecule has 8 heteroatoms. The lowest BCUT2D eigenvalue weighted by Gasteiger charge is -2.14. The van der Waals surface area contributed by atoms with Gasteiger partial charge in [-0.05, 0) is 67.8 Å². The Morgan fingerprint density at radius 3 is 2.72 bits per heavy atom. The zero-order chi connectivity index (χ0) is 22.1. The minimum Gasteiger partial charge on any atom is -0.484 e. The van der Waals surface area contributed by atoms with Crippen LogP contribution in [0.25, 0.3) is 0 Å². The van der Waals surface area contributed by atoms with Crippen LogP contribution in [0.3, 0.4) is 0 Å². The lowest BCUT2D eigenvalue weighted by molar-refractivity contribution is -0.123. The van der Waals surface area contributed by atoms with Gasteiger partial charge in [0.1, 0.15) is 5.75 Å². The Kier molecular flexibility index (Phi) is 11.2. The van der Waals surface area contributed by atoms with Gasteiger partial charge < -0.3 is 20.7 Å². The summed E-state index contributed by atoms with van der Waals surface area (Å²) in [4.78, 5) is 17.8. The molecule has 0 bridgehead atoms. The molecule has 32 heavy (non-hydrogen) atoms. The van der Waals surface area contributed by atoms with Gasteiger partial charge in [-0.25, -0.2) is 4.99 Å². The number of hydrogen-bond donors (Lipinski definition) is 3. The molecular formula is C24H33IN4O2S. The first-order chi connectivity index (χ1) is 15.1. The number of benzene rings is 2. The molecule has 3 N–H and O–H groups in total. The number of guanidine groups is 1. The van der Waals surface area contributed by atoms with Gasteiger partial charge in [0, 0.05) is 24.0 Å². The Morgan fingerprint density at radius 1 is 1.19 bits per heavy atom. The topological polar surface area (TPSA) is 74.8 Å². The maximum Gasteiger partial charge on any atom is 0.258 e. The Balaban J connectivity index is 0.00000363. The normalized spacial score (nSPS) is 13.2. The summed E-state index contributed by atoms with van der Waals surface area (Å²) in [6.07, 6.45) is 4.25. The predicted octanol–water partition coefficient (Wildman–Crippen LogP) is 4.25. The molecule has 0 spiro atoms. The lowest BCUT2D eigenvalue weighted by Crippen LogP contribution is -2.36. The highest BCUT2D eigenvalue weighted by Gasteiger charge is 2.23. The Labute approximate surface area is 212 Å². The van der Waals surface area contributed by atoms with E-state index in [4.69, 9.17) is 9.73 Å². The van der Waals surface area contributed by atoms with E-state index in [2.05, 4.69) is 54.3 Å². The van der Waals surface area contributed by atoms with Crippen molar-refractivity contribution in [1.82, 2.24) is 16.0 Å². The molecule has 0 radical (unpaired) electrons. The van der Waals surface area contributed by atoms with Crippen molar-refractivity contribution in [3.63, 3.8) is 0 Å². The number of halogens is 1. The molecule has 1 amide bonds. The van der Waals surface area contributed by atoms with Crippen molar-refractivity contribution < 1.29 is 9.53 Å². The number of carbonyl (C=O) groups excluding carboxylic acids is 1. The smallest absolute Gasteiger partial charge is 0.258 e. The number of thioether (sulfide) groups is 1. The number of aliphatic imine (C=N–C) groups is 1. The second kappa shape index (κ2) is 13.6. The lowest BCUT2D eigenvalue weighted by atomic mass is 10.1. The van der Waals surface area contributed by atoms with E-state index in [1.807, 2.05) is 24.3 Å². The SMILES string of the molecule is CCNC(=NCc1cccc(OCC(=O)NC2CC2)c1)NCc1ccc(C)cc1SC.I. The Hall–Kier alpha value is -1.94. The number of nitrogens with zero attached hydrogens (tertiary/aromatic N) is 1. The third-order valence-electron chi connectivity index (χ3n) is 4.86. The third kappa shape index (κ3) is 8.90. The van der Waals surface area contributed by atoms with E-state index in [-0.39, 0.29) is 36.5 Å². The van der Waals surface area contributed by atoms with E-state index in [0.717, 1.165) is 30.9 Å². The predicted molar refractivity (Wildman–Crippen MR) is 143 cm³/mol.